The van der Waals surface area contributed by atoms with Crippen molar-refractivity contribution in [3.63, 3.8) is 0 Å². The van der Waals surface area contributed by atoms with Crippen LogP contribution in [0.4, 0.5) is 0 Å². The van der Waals surface area contributed by atoms with Crippen LogP contribution in [0.1, 0.15) is 25.0 Å². The van der Waals surface area contributed by atoms with Crippen molar-refractivity contribution in [1.82, 2.24) is 9.97 Å². The third kappa shape index (κ3) is 4.33. The van der Waals surface area contributed by atoms with Crippen LogP contribution in [0.5, 0.6) is 0 Å². The van der Waals surface area contributed by atoms with Crippen molar-refractivity contribution in [2.45, 2.75) is 25.7 Å². The maximum absolute atomic E-state index is 10.8. The van der Waals surface area contributed by atoms with Gasteiger partial charge in [-0.05, 0) is 19.3 Å². The number of halogens is 2. The van der Waals surface area contributed by atoms with E-state index >= 15 is 0 Å². The van der Waals surface area contributed by atoms with Crippen LogP contribution in [0.2, 0.25) is 10.3 Å². The van der Waals surface area contributed by atoms with Crippen molar-refractivity contribution in [3.8, 4) is 0 Å². The fourth-order valence-electron chi connectivity index (χ4n) is 1.20. The molecule has 1 aromatic rings. The molecule has 0 fully saturated rings. The Morgan fingerprint density at radius 3 is 2.81 bits per heavy atom. The molecule has 16 heavy (non-hydrogen) atoms. The summed E-state index contributed by atoms with van der Waals surface area (Å²) >= 11 is 11.5. The number of ether oxygens (including phenoxy) is 1. The first-order valence-electron chi connectivity index (χ1n) is 4.87. The number of hydrogen-bond acceptors (Lipinski definition) is 4. The lowest BCUT2D eigenvalue weighted by molar-refractivity contribution is -0.140. The molecule has 0 spiro atoms. The Hall–Kier alpha value is -0.870. The van der Waals surface area contributed by atoms with Crippen LogP contribution in [0, 0.1) is 0 Å². The zero-order chi connectivity index (χ0) is 12.0. The number of carbonyl (C=O) groups excluding carboxylic acids is 1. The zero-order valence-corrected chi connectivity index (χ0v) is 10.4. The smallest absolute Gasteiger partial charge is 0.305 e. The maximum Gasteiger partial charge on any atom is 0.305 e. The molecular weight excluding hydrogens is 251 g/mol. The summed E-state index contributed by atoms with van der Waals surface area (Å²) in [5.41, 5.74) is 0.705. The maximum atomic E-state index is 10.8. The highest BCUT2D eigenvalue weighted by Gasteiger charge is 2.05. The molecule has 0 atom stereocenters. The lowest BCUT2D eigenvalue weighted by Gasteiger charge is -2.02. The molecule has 0 N–H and O–H groups in total. The molecule has 0 bridgehead atoms. The number of aromatic nitrogens is 2. The lowest BCUT2D eigenvalue weighted by Crippen LogP contribution is -2.00. The molecule has 0 aliphatic heterocycles. The van der Waals surface area contributed by atoms with Crippen molar-refractivity contribution in [2.75, 3.05) is 7.11 Å². The van der Waals surface area contributed by atoms with E-state index in [1.165, 1.54) is 13.3 Å². The van der Waals surface area contributed by atoms with Gasteiger partial charge in [0.15, 0.2) is 5.15 Å². The first-order chi connectivity index (χ1) is 7.63. The molecule has 0 aliphatic rings. The van der Waals surface area contributed by atoms with Crippen molar-refractivity contribution >= 4 is 29.2 Å². The van der Waals surface area contributed by atoms with Gasteiger partial charge >= 0.3 is 5.97 Å². The van der Waals surface area contributed by atoms with E-state index in [0.29, 0.717) is 23.7 Å². The van der Waals surface area contributed by atoms with Gasteiger partial charge in [0, 0.05) is 6.42 Å². The van der Waals surface area contributed by atoms with Crippen LogP contribution < -0.4 is 0 Å². The molecule has 1 aromatic heterocycles. The fraction of sp³-hybridized carbons (Fsp3) is 0.500. The predicted molar refractivity (Wildman–Crippen MR) is 61.6 cm³/mol. The number of esters is 1. The van der Waals surface area contributed by atoms with E-state index in [-0.39, 0.29) is 11.1 Å². The monoisotopic (exact) mass is 262 g/mol. The van der Waals surface area contributed by atoms with Crippen molar-refractivity contribution in [3.05, 3.63) is 22.2 Å². The van der Waals surface area contributed by atoms with Crippen molar-refractivity contribution in [2.24, 2.45) is 0 Å². The number of rotatable bonds is 5. The summed E-state index contributed by atoms with van der Waals surface area (Å²) in [6.07, 6.45) is 4.11. The minimum Gasteiger partial charge on any atom is -0.469 e. The SMILES string of the molecule is COC(=O)CCCCc1ncc(Cl)nc1Cl. The Morgan fingerprint density at radius 2 is 2.19 bits per heavy atom. The summed E-state index contributed by atoms with van der Waals surface area (Å²) in [5, 5.41) is 0.605. The predicted octanol–water partition coefficient (Wildman–Crippen LogP) is 2.67. The van der Waals surface area contributed by atoms with Crippen LogP contribution >= 0.6 is 23.2 Å². The van der Waals surface area contributed by atoms with Gasteiger partial charge in [-0.2, -0.15) is 0 Å². The van der Waals surface area contributed by atoms with Gasteiger partial charge in [0.05, 0.1) is 19.0 Å². The fourth-order valence-corrected chi connectivity index (χ4v) is 1.61. The summed E-state index contributed by atoms with van der Waals surface area (Å²) in [4.78, 5) is 18.8. The van der Waals surface area contributed by atoms with E-state index in [0.717, 1.165) is 12.8 Å². The first kappa shape index (κ1) is 13.2. The van der Waals surface area contributed by atoms with Crippen LogP contribution in [0.15, 0.2) is 6.20 Å². The van der Waals surface area contributed by atoms with E-state index in [4.69, 9.17) is 23.2 Å². The highest BCUT2D eigenvalue weighted by molar-refractivity contribution is 6.32. The number of nitrogens with zero attached hydrogens (tertiary/aromatic N) is 2. The highest BCUT2D eigenvalue weighted by Crippen LogP contribution is 2.16. The molecule has 4 nitrogen and oxygen atoms in total. The largest absolute Gasteiger partial charge is 0.469 e. The molecule has 0 unspecified atom stereocenters. The van der Waals surface area contributed by atoms with E-state index in [1.54, 1.807) is 0 Å². The third-order valence-corrected chi connectivity index (χ3v) is 2.53. The highest BCUT2D eigenvalue weighted by atomic mass is 35.5. The van der Waals surface area contributed by atoms with Crippen LogP contribution in [0.25, 0.3) is 0 Å². The summed E-state index contributed by atoms with van der Waals surface area (Å²) in [6, 6.07) is 0. The van der Waals surface area contributed by atoms with Gasteiger partial charge < -0.3 is 4.74 Å². The number of methoxy groups -OCH3 is 1. The summed E-state index contributed by atoms with van der Waals surface area (Å²) < 4.78 is 4.53. The second-order valence-corrected chi connectivity index (χ2v) is 3.96. The van der Waals surface area contributed by atoms with Gasteiger partial charge in [-0.1, -0.05) is 23.2 Å². The van der Waals surface area contributed by atoms with Crippen molar-refractivity contribution in [1.29, 1.82) is 0 Å². The van der Waals surface area contributed by atoms with Gasteiger partial charge in [0.1, 0.15) is 5.15 Å². The van der Waals surface area contributed by atoms with Gasteiger partial charge in [0.25, 0.3) is 0 Å². The van der Waals surface area contributed by atoms with Crippen molar-refractivity contribution < 1.29 is 9.53 Å². The zero-order valence-electron chi connectivity index (χ0n) is 8.87. The van der Waals surface area contributed by atoms with Crippen LogP contribution in [0.3, 0.4) is 0 Å². The molecule has 1 heterocycles. The summed E-state index contributed by atoms with van der Waals surface area (Å²) in [7, 11) is 1.38. The Bertz CT molecular complexity index is 372. The van der Waals surface area contributed by atoms with Gasteiger partial charge in [-0.3, -0.25) is 9.78 Å². The minimum absolute atomic E-state index is 0.201. The quantitative estimate of drug-likeness (QED) is 0.605. The van der Waals surface area contributed by atoms with E-state index in [2.05, 4.69) is 14.7 Å². The molecule has 0 saturated carbocycles. The van der Waals surface area contributed by atoms with Gasteiger partial charge in [-0.15, -0.1) is 0 Å². The Kier molecular flexibility index (Phi) is 5.49. The second-order valence-electron chi connectivity index (χ2n) is 3.21. The standard InChI is InChI=1S/C10H12Cl2N2O2/c1-16-9(15)5-3-2-4-7-10(12)14-8(11)6-13-7/h6H,2-5H2,1H3. The molecular formula is C10H12Cl2N2O2. The average molecular weight is 263 g/mol. The molecule has 0 aromatic carbocycles. The molecule has 0 radical (unpaired) electrons. The number of carbonyl (C=O) groups is 1. The van der Waals surface area contributed by atoms with Crippen LogP contribution in [-0.4, -0.2) is 23.0 Å². The van der Waals surface area contributed by atoms with E-state index in [1.807, 2.05) is 0 Å². The normalized spacial score (nSPS) is 10.2. The first-order valence-corrected chi connectivity index (χ1v) is 5.63. The third-order valence-electron chi connectivity index (χ3n) is 2.04. The minimum atomic E-state index is -0.201. The van der Waals surface area contributed by atoms with Crippen LogP contribution in [-0.2, 0) is 16.0 Å². The van der Waals surface area contributed by atoms with Gasteiger partial charge in [0.2, 0.25) is 0 Å². The molecule has 0 amide bonds. The van der Waals surface area contributed by atoms with E-state index < -0.39 is 0 Å². The topological polar surface area (TPSA) is 52.1 Å². The van der Waals surface area contributed by atoms with Gasteiger partial charge in [-0.25, -0.2) is 4.98 Å². The average Bonchev–Trinajstić information content (AvgIpc) is 2.26. The summed E-state index contributed by atoms with van der Waals surface area (Å²) in [6.45, 7) is 0. The number of aryl methyl sites for hydroxylation is 1. The molecule has 0 aliphatic carbocycles. The summed E-state index contributed by atoms with van der Waals surface area (Å²) in [5.74, 6) is -0.201. The van der Waals surface area contributed by atoms with E-state index in [9.17, 15) is 4.79 Å². The molecule has 1 rings (SSSR count). The number of hydrogen-bond donors (Lipinski definition) is 0. The molecule has 88 valence electrons. The molecule has 6 heteroatoms. The lowest BCUT2D eigenvalue weighted by atomic mass is 10.1. The number of unbranched alkanes of at least 4 members (excludes halogenated alkanes) is 1. The Labute approximate surface area is 104 Å². The Morgan fingerprint density at radius 1 is 1.44 bits per heavy atom. The molecule has 0 saturated heterocycles. The Balaban J connectivity index is 2.35. The second kappa shape index (κ2) is 6.66.